The molecule has 0 radical (unpaired) electrons. The summed E-state index contributed by atoms with van der Waals surface area (Å²) in [4.78, 5) is 6.88. The molecule has 0 spiro atoms. The Morgan fingerprint density at radius 2 is 1.86 bits per heavy atom. The SMILES string of the molecule is NCCNc1cc(N2CCCc3ccccc3C2)nc2ccc(C(F)(F)F)cc12. The van der Waals surface area contributed by atoms with E-state index < -0.39 is 11.7 Å². The van der Waals surface area contributed by atoms with Crippen LogP contribution in [0.1, 0.15) is 23.1 Å². The van der Waals surface area contributed by atoms with Gasteiger partial charge < -0.3 is 16.0 Å². The summed E-state index contributed by atoms with van der Waals surface area (Å²) in [5, 5.41) is 3.62. The van der Waals surface area contributed by atoms with Crippen molar-refractivity contribution in [2.45, 2.75) is 25.6 Å². The maximum absolute atomic E-state index is 13.2. The van der Waals surface area contributed by atoms with E-state index in [0.29, 0.717) is 29.7 Å². The van der Waals surface area contributed by atoms with E-state index in [-0.39, 0.29) is 0 Å². The number of hydrogen-bond acceptors (Lipinski definition) is 4. The number of nitrogens with two attached hydrogens (primary N) is 1. The molecule has 0 fully saturated rings. The van der Waals surface area contributed by atoms with Crippen molar-refractivity contribution in [2.24, 2.45) is 5.73 Å². The number of aromatic nitrogens is 1. The molecule has 1 aliphatic rings. The van der Waals surface area contributed by atoms with Crippen molar-refractivity contribution in [1.29, 1.82) is 0 Å². The Morgan fingerprint density at radius 3 is 2.62 bits per heavy atom. The van der Waals surface area contributed by atoms with Crippen LogP contribution in [0.5, 0.6) is 0 Å². The zero-order chi connectivity index (χ0) is 20.4. The summed E-state index contributed by atoms with van der Waals surface area (Å²) in [6.07, 6.45) is -2.39. The molecule has 3 aromatic rings. The van der Waals surface area contributed by atoms with E-state index in [1.807, 2.05) is 12.1 Å². The van der Waals surface area contributed by atoms with Gasteiger partial charge in [0.05, 0.1) is 11.1 Å². The fourth-order valence-corrected chi connectivity index (χ4v) is 3.80. The Morgan fingerprint density at radius 1 is 1.07 bits per heavy atom. The highest BCUT2D eigenvalue weighted by Crippen LogP contribution is 2.35. The van der Waals surface area contributed by atoms with Gasteiger partial charge in [0.2, 0.25) is 0 Å². The Kier molecular flexibility index (Phi) is 5.32. The average Bonchev–Trinajstić information content (AvgIpc) is 2.93. The monoisotopic (exact) mass is 400 g/mol. The lowest BCUT2D eigenvalue weighted by molar-refractivity contribution is -0.137. The van der Waals surface area contributed by atoms with Gasteiger partial charge in [0.1, 0.15) is 5.82 Å². The lowest BCUT2D eigenvalue weighted by atomic mass is 10.0. The van der Waals surface area contributed by atoms with Crippen LogP contribution in [0.25, 0.3) is 10.9 Å². The van der Waals surface area contributed by atoms with Crippen molar-refractivity contribution in [3.05, 3.63) is 65.2 Å². The molecule has 0 atom stereocenters. The zero-order valence-electron chi connectivity index (χ0n) is 16.0. The summed E-state index contributed by atoms with van der Waals surface area (Å²) >= 11 is 0. The average molecular weight is 400 g/mol. The number of alkyl halides is 3. The van der Waals surface area contributed by atoms with Gasteiger partial charge in [-0.1, -0.05) is 24.3 Å². The summed E-state index contributed by atoms with van der Waals surface area (Å²) in [5.74, 6) is 0.758. The summed E-state index contributed by atoms with van der Waals surface area (Å²) < 4.78 is 39.6. The highest BCUT2D eigenvalue weighted by molar-refractivity contribution is 5.93. The number of rotatable bonds is 4. The van der Waals surface area contributed by atoms with Crippen molar-refractivity contribution in [3.8, 4) is 0 Å². The number of fused-ring (bicyclic) bond motifs is 2. The number of benzene rings is 2. The molecule has 0 aliphatic carbocycles. The number of halogens is 3. The van der Waals surface area contributed by atoms with E-state index in [4.69, 9.17) is 10.7 Å². The smallest absolute Gasteiger partial charge is 0.383 e. The van der Waals surface area contributed by atoms with Crippen molar-refractivity contribution in [3.63, 3.8) is 0 Å². The predicted octanol–water partition coefficient (Wildman–Crippen LogP) is 4.58. The van der Waals surface area contributed by atoms with Gasteiger partial charge in [0, 0.05) is 43.3 Å². The molecule has 3 N–H and O–H groups in total. The third-order valence-corrected chi connectivity index (χ3v) is 5.26. The number of anilines is 2. The predicted molar refractivity (Wildman–Crippen MR) is 110 cm³/mol. The molecule has 4 rings (SSSR count). The summed E-state index contributed by atoms with van der Waals surface area (Å²) in [5.41, 5.74) is 8.68. The third-order valence-electron chi connectivity index (χ3n) is 5.26. The van der Waals surface area contributed by atoms with E-state index in [2.05, 4.69) is 28.4 Å². The van der Waals surface area contributed by atoms with Crippen LogP contribution >= 0.6 is 0 Å². The second kappa shape index (κ2) is 7.91. The molecular formula is C22H23F3N4. The van der Waals surface area contributed by atoms with E-state index in [0.717, 1.165) is 43.9 Å². The fourth-order valence-electron chi connectivity index (χ4n) is 3.80. The Hall–Kier alpha value is -2.80. The minimum Gasteiger partial charge on any atom is -0.383 e. The fraction of sp³-hybridized carbons (Fsp3) is 0.318. The number of aryl methyl sites for hydroxylation is 1. The molecule has 0 unspecified atom stereocenters. The first-order chi connectivity index (χ1) is 14.0. The van der Waals surface area contributed by atoms with Gasteiger partial charge in [-0.25, -0.2) is 4.98 Å². The van der Waals surface area contributed by atoms with Crippen molar-refractivity contribution in [1.82, 2.24) is 4.98 Å². The molecular weight excluding hydrogens is 377 g/mol. The number of nitrogens with one attached hydrogen (secondary N) is 1. The maximum Gasteiger partial charge on any atom is 0.416 e. The Labute approximate surface area is 167 Å². The van der Waals surface area contributed by atoms with Crippen LogP contribution < -0.4 is 16.0 Å². The van der Waals surface area contributed by atoms with E-state index >= 15 is 0 Å². The van der Waals surface area contributed by atoms with Crippen LogP contribution in [0.3, 0.4) is 0 Å². The molecule has 152 valence electrons. The van der Waals surface area contributed by atoms with Crippen molar-refractivity contribution < 1.29 is 13.2 Å². The normalized spacial score (nSPS) is 14.6. The van der Waals surface area contributed by atoms with Gasteiger partial charge in [0.25, 0.3) is 0 Å². The highest BCUT2D eigenvalue weighted by Gasteiger charge is 2.31. The second-order valence-electron chi connectivity index (χ2n) is 7.27. The lowest BCUT2D eigenvalue weighted by Crippen LogP contribution is -2.24. The molecule has 0 amide bonds. The second-order valence-corrected chi connectivity index (χ2v) is 7.27. The molecule has 4 nitrogen and oxygen atoms in total. The van der Waals surface area contributed by atoms with E-state index in [1.54, 1.807) is 0 Å². The molecule has 0 saturated heterocycles. The highest BCUT2D eigenvalue weighted by atomic mass is 19.4. The van der Waals surface area contributed by atoms with Crippen LogP contribution in [0.2, 0.25) is 0 Å². The largest absolute Gasteiger partial charge is 0.416 e. The van der Waals surface area contributed by atoms with E-state index in [9.17, 15) is 13.2 Å². The number of hydrogen-bond donors (Lipinski definition) is 2. The van der Waals surface area contributed by atoms with Crippen LogP contribution in [0.15, 0.2) is 48.5 Å². The van der Waals surface area contributed by atoms with Crippen LogP contribution in [-0.2, 0) is 19.1 Å². The molecule has 1 aliphatic heterocycles. The lowest BCUT2D eigenvalue weighted by Gasteiger charge is -2.24. The molecule has 7 heteroatoms. The zero-order valence-corrected chi connectivity index (χ0v) is 16.0. The van der Waals surface area contributed by atoms with Gasteiger partial charge >= 0.3 is 6.18 Å². The van der Waals surface area contributed by atoms with Crippen LogP contribution in [-0.4, -0.2) is 24.6 Å². The number of nitrogens with zero attached hydrogens (tertiary/aromatic N) is 2. The summed E-state index contributed by atoms with van der Waals surface area (Å²) in [6, 6.07) is 13.9. The van der Waals surface area contributed by atoms with E-state index in [1.165, 1.54) is 17.2 Å². The Balaban J connectivity index is 1.77. The minimum absolute atomic E-state index is 0.384. The molecule has 0 bridgehead atoms. The topological polar surface area (TPSA) is 54.2 Å². The van der Waals surface area contributed by atoms with Crippen LogP contribution in [0.4, 0.5) is 24.7 Å². The van der Waals surface area contributed by atoms with Crippen molar-refractivity contribution in [2.75, 3.05) is 29.9 Å². The van der Waals surface area contributed by atoms with Gasteiger partial charge in [0.15, 0.2) is 0 Å². The van der Waals surface area contributed by atoms with Crippen LogP contribution in [0, 0.1) is 0 Å². The van der Waals surface area contributed by atoms with Crippen molar-refractivity contribution >= 4 is 22.4 Å². The third kappa shape index (κ3) is 4.15. The first-order valence-corrected chi connectivity index (χ1v) is 9.73. The number of pyridine rings is 1. The molecule has 0 saturated carbocycles. The Bertz CT molecular complexity index is 1020. The van der Waals surface area contributed by atoms with Gasteiger partial charge in [-0.15, -0.1) is 0 Å². The molecule has 1 aromatic heterocycles. The maximum atomic E-state index is 13.2. The van der Waals surface area contributed by atoms with Gasteiger partial charge in [-0.3, -0.25) is 0 Å². The standard InChI is InChI=1S/C22H23F3N4/c23-22(24,25)17-7-8-19-18(12-17)20(27-10-9-26)13-21(28-19)29-11-3-6-15-4-1-2-5-16(15)14-29/h1-2,4-5,7-8,12-13H,3,6,9-11,14,26H2,(H,27,28). The molecule has 2 aromatic carbocycles. The van der Waals surface area contributed by atoms with Gasteiger partial charge in [-0.05, 0) is 42.2 Å². The molecule has 29 heavy (non-hydrogen) atoms. The first-order valence-electron chi connectivity index (χ1n) is 9.73. The first kappa shape index (κ1) is 19.5. The summed E-state index contributed by atoms with van der Waals surface area (Å²) in [6.45, 7) is 2.42. The molecule has 2 heterocycles. The van der Waals surface area contributed by atoms with Gasteiger partial charge in [-0.2, -0.15) is 13.2 Å². The quantitative estimate of drug-likeness (QED) is 0.673. The minimum atomic E-state index is -4.40. The summed E-state index contributed by atoms with van der Waals surface area (Å²) in [7, 11) is 0.